The second-order valence-electron chi connectivity index (χ2n) is 6.14. The van der Waals surface area contributed by atoms with Crippen molar-refractivity contribution >= 4 is 23.4 Å². The van der Waals surface area contributed by atoms with Gasteiger partial charge in [-0.1, -0.05) is 84.4 Å². The van der Waals surface area contributed by atoms with Crippen LogP contribution in [0, 0.1) is 0 Å². The maximum absolute atomic E-state index is 12.9. The summed E-state index contributed by atoms with van der Waals surface area (Å²) >= 11 is 5.94. The molecule has 0 aliphatic rings. The summed E-state index contributed by atoms with van der Waals surface area (Å²) in [5.41, 5.74) is 2.14. The van der Waals surface area contributed by atoms with Crippen LogP contribution in [0.2, 0.25) is 5.02 Å². The van der Waals surface area contributed by atoms with Gasteiger partial charge in [0.25, 0.3) is 0 Å². The number of halogens is 1. The van der Waals surface area contributed by atoms with Gasteiger partial charge in [0.15, 0.2) is 6.10 Å². The van der Waals surface area contributed by atoms with Crippen molar-refractivity contribution in [1.82, 2.24) is 0 Å². The summed E-state index contributed by atoms with van der Waals surface area (Å²) < 4.78 is 5.58. The summed E-state index contributed by atoms with van der Waals surface area (Å²) in [6.45, 7) is 0. The number of esters is 1. The van der Waals surface area contributed by atoms with Gasteiger partial charge in [-0.2, -0.15) is 0 Å². The van der Waals surface area contributed by atoms with Crippen LogP contribution in [0.15, 0.2) is 84.9 Å². The van der Waals surface area contributed by atoms with Crippen molar-refractivity contribution in [3.8, 4) is 0 Å². The number of ether oxygens (including phenoxy) is 1. The van der Waals surface area contributed by atoms with Crippen LogP contribution < -0.4 is 0 Å². The number of carbonyl (C=O) groups is 2. The van der Waals surface area contributed by atoms with Gasteiger partial charge in [0, 0.05) is 22.6 Å². The fraction of sp³-hybridized carbons (Fsp3) is 0.130. The molecule has 1 atom stereocenters. The Kier molecular flexibility index (Phi) is 6.39. The Bertz CT molecular complexity index is 890. The molecule has 0 amide bonds. The number of carbonyl (C=O) groups excluding carboxylic acids is 2. The van der Waals surface area contributed by atoms with E-state index in [1.54, 1.807) is 48.5 Å². The van der Waals surface area contributed by atoms with E-state index < -0.39 is 12.1 Å². The zero-order valence-electron chi connectivity index (χ0n) is 14.7. The Balaban J connectivity index is 1.76. The molecule has 0 aliphatic heterocycles. The predicted octanol–water partition coefficient (Wildman–Crippen LogP) is 5.44. The first-order chi connectivity index (χ1) is 13.1. The smallest absolute Gasteiger partial charge is 0.307 e. The molecule has 0 heterocycles. The van der Waals surface area contributed by atoms with Gasteiger partial charge in [-0.05, 0) is 24.1 Å². The van der Waals surface area contributed by atoms with Crippen LogP contribution in [0.5, 0.6) is 0 Å². The topological polar surface area (TPSA) is 43.4 Å². The van der Waals surface area contributed by atoms with Gasteiger partial charge in [-0.25, -0.2) is 0 Å². The SMILES string of the molecule is O=C(CCc1ccccc1)O[C@H](C(=O)c1ccccc1)c1ccc(Cl)cc1. The van der Waals surface area contributed by atoms with Crippen molar-refractivity contribution in [2.24, 2.45) is 0 Å². The van der Waals surface area contributed by atoms with Gasteiger partial charge < -0.3 is 4.74 Å². The lowest BCUT2D eigenvalue weighted by molar-refractivity contribution is -0.147. The summed E-state index contributed by atoms with van der Waals surface area (Å²) in [5, 5.41) is 0.556. The standard InChI is InChI=1S/C23H19ClO3/c24-20-14-12-19(13-15-20)23(22(26)18-9-5-2-6-10-18)27-21(25)16-11-17-7-3-1-4-8-17/h1-10,12-15,23H,11,16H2/t23-/m0/s1. The van der Waals surface area contributed by atoms with Crippen LogP contribution >= 0.6 is 11.6 Å². The second kappa shape index (κ2) is 9.15. The molecule has 3 rings (SSSR count). The third-order valence-electron chi connectivity index (χ3n) is 4.18. The van der Waals surface area contributed by atoms with E-state index in [1.165, 1.54) is 0 Å². The summed E-state index contributed by atoms with van der Waals surface area (Å²) in [6.07, 6.45) is -0.226. The van der Waals surface area contributed by atoms with E-state index in [1.807, 2.05) is 36.4 Å². The Hall–Kier alpha value is -2.91. The molecule has 0 radical (unpaired) electrons. The molecule has 0 aromatic heterocycles. The maximum atomic E-state index is 12.9. The molecule has 3 aromatic carbocycles. The van der Waals surface area contributed by atoms with Gasteiger partial charge >= 0.3 is 5.97 Å². The lowest BCUT2D eigenvalue weighted by Crippen LogP contribution is -2.20. The minimum Gasteiger partial charge on any atom is -0.449 e. The molecule has 0 spiro atoms. The van der Waals surface area contributed by atoms with Crippen molar-refractivity contribution in [3.63, 3.8) is 0 Å². The number of benzene rings is 3. The van der Waals surface area contributed by atoms with Crippen molar-refractivity contribution in [2.45, 2.75) is 18.9 Å². The van der Waals surface area contributed by atoms with E-state index in [0.717, 1.165) is 5.56 Å². The van der Waals surface area contributed by atoms with Crippen molar-refractivity contribution in [1.29, 1.82) is 0 Å². The quantitative estimate of drug-likeness (QED) is 0.406. The third-order valence-corrected chi connectivity index (χ3v) is 4.43. The molecule has 0 bridgehead atoms. The van der Waals surface area contributed by atoms with Crippen LogP contribution in [-0.4, -0.2) is 11.8 Å². The van der Waals surface area contributed by atoms with Crippen LogP contribution in [0.3, 0.4) is 0 Å². The van der Waals surface area contributed by atoms with Gasteiger partial charge in [0.2, 0.25) is 5.78 Å². The zero-order valence-corrected chi connectivity index (χ0v) is 15.4. The van der Waals surface area contributed by atoms with Crippen molar-refractivity contribution in [3.05, 3.63) is 107 Å². The van der Waals surface area contributed by atoms with Gasteiger partial charge in [0.05, 0.1) is 0 Å². The van der Waals surface area contributed by atoms with Crippen molar-refractivity contribution < 1.29 is 14.3 Å². The van der Waals surface area contributed by atoms with Crippen molar-refractivity contribution in [2.75, 3.05) is 0 Å². The molecule has 0 fully saturated rings. The molecule has 3 aromatic rings. The van der Waals surface area contributed by atoms with Gasteiger partial charge in [-0.3, -0.25) is 9.59 Å². The molecule has 0 saturated carbocycles. The summed E-state index contributed by atoms with van der Waals surface area (Å²) in [4.78, 5) is 25.3. The Morgan fingerprint density at radius 3 is 2.04 bits per heavy atom. The van der Waals surface area contributed by atoms with E-state index in [-0.39, 0.29) is 12.2 Å². The molecule has 27 heavy (non-hydrogen) atoms. The number of hydrogen-bond donors (Lipinski definition) is 0. The van der Waals surface area contributed by atoms with E-state index in [2.05, 4.69) is 0 Å². The maximum Gasteiger partial charge on any atom is 0.307 e. The summed E-state index contributed by atoms with van der Waals surface area (Å²) in [5.74, 6) is -0.672. The monoisotopic (exact) mass is 378 g/mol. The first-order valence-corrected chi connectivity index (χ1v) is 9.09. The number of rotatable bonds is 7. The first kappa shape index (κ1) is 18.9. The van der Waals surface area contributed by atoms with Gasteiger partial charge in [-0.15, -0.1) is 0 Å². The minimum absolute atomic E-state index is 0.205. The molecule has 0 saturated heterocycles. The van der Waals surface area contributed by atoms with E-state index in [9.17, 15) is 9.59 Å². The van der Waals surface area contributed by atoms with E-state index >= 15 is 0 Å². The third kappa shape index (κ3) is 5.28. The highest BCUT2D eigenvalue weighted by Crippen LogP contribution is 2.25. The lowest BCUT2D eigenvalue weighted by atomic mass is 9.99. The molecule has 0 aliphatic carbocycles. The fourth-order valence-corrected chi connectivity index (χ4v) is 2.87. The summed E-state index contributed by atoms with van der Waals surface area (Å²) in [7, 11) is 0. The molecule has 4 heteroatoms. The number of ketones is 1. The number of aryl methyl sites for hydroxylation is 1. The molecular formula is C23H19ClO3. The Labute approximate surface area is 163 Å². The highest BCUT2D eigenvalue weighted by molar-refractivity contribution is 6.30. The average Bonchev–Trinajstić information content (AvgIpc) is 2.72. The molecule has 136 valence electrons. The normalized spacial score (nSPS) is 11.6. The number of Topliss-reactive ketones (excluding diaryl/α,β-unsaturated/α-hetero) is 1. The predicted molar refractivity (Wildman–Crippen MR) is 106 cm³/mol. The highest BCUT2D eigenvalue weighted by Gasteiger charge is 2.26. The van der Waals surface area contributed by atoms with Crippen LogP contribution in [0.4, 0.5) is 0 Å². The number of hydrogen-bond acceptors (Lipinski definition) is 3. The van der Waals surface area contributed by atoms with Crippen LogP contribution in [0.25, 0.3) is 0 Å². The van der Waals surface area contributed by atoms with E-state index in [0.29, 0.717) is 22.6 Å². The average molecular weight is 379 g/mol. The van der Waals surface area contributed by atoms with Crippen LogP contribution in [0.1, 0.15) is 34.0 Å². The molecule has 0 unspecified atom stereocenters. The molecule has 3 nitrogen and oxygen atoms in total. The largest absolute Gasteiger partial charge is 0.449 e. The molecule has 0 N–H and O–H groups in total. The minimum atomic E-state index is -0.993. The highest BCUT2D eigenvalue weighted by atomic mass is 35.5. The summed E-state index contributed by atoms with van der Waals surface area (Å²) in [6, 6.07) is 25.3. The molecular weight excluding hydrogens is 360 g/mol. The van der Waals surface area contributed by atoms with Crippen LogP contribution in [-0.2, 0) is 16.0 Å². The van der Waals surface area contributed by atoms with E-state index in [4.69, 9.17) is 16.3 Å². The second-order valence-corrected chi connectivity index (χ2v) is 6.57. The fourth-order valence-electron chi connectivity index (χ4n) is 2.75. The zero-order chi connectivity index (χ0) is 19.1. The Morgan fingerprint density at radius 2 is 1.41 bits per heavy atom. The Morgan fingerprint density at radius 1 is 0.815 bits per heavy atom. The first-order valence-electron chi connectivity index (χ1n) is 8.71. The lowest BCUT2D eigenvalue weighted by Gasteiger charge is -2.17. The van der Waals surface area contributed by atoms with Gasteiger partial charge in [0.1, 0.15) is 0 Å².